The number of anilines is 1. The Morgan fingerprint density at radius 1 is 1.21 bits per heavy atom. The Hall–Kier alpha value is -1.05. The minimum absolute atomic E-state index is 0.640. The molecule has 1 aromatic heterocycles. The summed E-state index contributed by atoms with van der Waals surface area (Å²) >= 11 is 0. The molecule has 0 saturated heterocycles. The minimum atomic E-state index is 0.640. The van der Waals surface area contributed by atoms with Gasteiger partial charge in [0.2, 0.25) is 0 Å². The fourth-order valence-corrected chi connectivity index (χ4v) is 2.06. The maximum atomic E-state index is 4.28. The van der Waals surface area contributed by atoms with Gasteiger partial charge in [-0.15, -0.1) is 0 Å². The third-order valence-electron chi connectivity index (χ3n) is 3.03. The first kappa shape index (κ1) is 9.50. The van der Waals surface area contributed by atoms with E-state index >= 15 is 0 Å². The first-order valence-corrected chi connectivity index (χ1v) is 5.52. The highest BCUT2D eigenvalue weighted by Crippen LogP contribution is 2.25. The van der Waals surface area contributed by atoms with Gasteiger partial charge < -0.3 is 5.32 Å². The Morgan fingerprint density at radius 2 is 2.00 bits per heavy atom. The van der Waals surface area contributed by atoms with Crippen molar-refractivity contribution in [3.8, 4) is 0 Å². The molecule has 0 radical (unpaired) electrons. The zero-order valence-electron chi connectivity index (χ0n) is 8.74. The second-order valence-corrected chi connectivity index (χ2v) is 4.32. The van der Waals surface area contributed by atoms with E-state index in [2.05, 4.69) is 17.2 Å². The van der Waals surface area contributed by atoms with Gasteiger partial charge in [-0.2, -0.15) is 0 Å². The Balaban J connectivity index is 1.87. The number of pyridine rings is 1. The van der Waals surface area contributed by atoms with E-state index in [-0.39, 0.29) is 0 Å². The first-order valence-electron chi connectivity index (χ1n) is 5.52. The first-order chi connectivity index (χ1) is 6.84. The molecule has 0 amide bonds. The summed E-state index contributed by atoms with van der Waals surface area (Å²) in [5.41, 5.74) is 0. The average Bonchev–Trinajstić information content (AvgIpc) is 2.23. The van der Waals surface area contributed by atoms with Crippen LogP contribution < -0.4 is 5.32 Å². The molecule has 14 heavy (non-hydrogen) atoms. The highest BCUT2D eigenvalue weighted by Gasteiger charge is 2.17. The predicted molar refractivity (Wildman–Crippen MR) is 59.3 cm³/mol. The molecule has 1 aliphatic carbocycles. The van der Waals surface area contributed by atoms with Crippen LogP contribution >= 0.6 is 0 Å². The number of nitrogens with one attached hydrogen (secondary N) is 1. The summed E-state index contributed by atoms with van der Waals surface area (Å²) in [4.78, 5) is 4.28. The van der Waals surface area contributed by atoms with Gasteiger partial charge in [-0.05, 0) is 43.7 Å². The van der Waals surface area contributed by atoms with Crippen molar-refractivity contribution in [2.24, 2.45) is 5.92 Å². The third-order valence-corrected chi connectivity index (χ3v) is 3.03. The molecule has 2 heteroatoms. The summed E-state index contributed by atoms with van der Waals surface area (Å²) in [5, 5.41) is 3.49. The lowest BCUT2D eigenvalue weighted by atomic mass is 9.87. The van der Waals surface area contributed by atoms with Crippen LogP contribution in [0.15, 0.2) is 24.4 Å². The third kappa shape index (κ3) is 2.47. The van der Waals surface area contributed by atoms with Crippen molar-refractivity contribution >= 4 is 5.82 Å². The van der Waals surface area contributed by atoms with E-state index in [4.69, 9.17) is 0 Å². The van der Waals surface area contributed by atoms with Crippen LogP contribution in [0.1, 0.15) is 32.6 Å². The van der Waals surface area contributed by atoms with Crippen LogP contribution in [0.5, 0.6) is 0 Å². The van der Waals surface area contributed by atoms with Crippen molar-refractivity contribution in [2.45, 2.75) is 38.6 Å². The van der Waals surface area contributed by atoms with Crippen LogP contribution in [0, 0.1) is 5.92 Å². The Bertz CT molecular complexity index is 263. The zero-order valence-corrected chi connectivity index (χ0v) is 8.74. The molecule has 1 N–H and O–H groups in total. The van der Waals surface area contributed by atoms with Gasteiger partial charge in [-0.3, -0.25) is 0 Å². The SMILES string of the molecule is CC1CCC(Nc2ccccn2)CC1. The fourth-order valence-electron chi connectivity index (χ4n) is 2.06. The van der Waals surface area contributed by atoms with E-state index in [1.807, 2.05) is 24.4 Å². The molecular weight excluding hydrogens is 172 g/mol. The van der Waals surface area contributed by atoms with E-state index in [9.17, 15) is 0 Å². The van der Waals surface area contributed by atoms with E-state index in [1.165, 1.54) is 25.7 Å². The topological polar surface area (TPSA) is 24.9 Å². The van der Waals surface area contributed by atoms with Gasteiger partial charge in [0.05, 0.1) is 0 Å². The Labute approximate surface area is 85.7 Å². The van der Waals surface area contributed by atoms with Gasteiger partial charge in [-0.25, -0.2) is 4.98 Å². The average molecular weight is 190 g/mol. The fraction of sp³-hybridized carbons (Fsp3) is 0.583. The highest BCUT2D eigenvalue weighted by atomic mass is 15.0. The standard InChI is InChI=1S/C12H18N2/c1-10-5-7-11(8-6-10)14-12-4-2-3-9-13-12/h2-4,9-11H,5-8H2,1H3,(H,13,14). The van der Waals surface area contributed by atoms with Crippen molar-refractivity contribution in [3.05, 3.63) is 24.4 Å². The van der Waals surface area contributed by atoms with Gasteiger partial charge in [0.15, 0.2) is 0 Å². The monoisotopic (exact) mass is 190 g/mol. The molecule has 0 spiro atoms. The van der Waals surface area contributed by atoms with Gasteiger partial charge >= 0.3 is 0 Å². The lowest BCUT2D eigenvalue weighted by Gasteiger charge is -2.27. The predicted octanol–water partition coefficient (Wildman–Crippen LogP) is 3.07. The number of aromatic nitrogens is 1. The van der Waals surface area contributed by atoms with E-state index in [0.29, 0.717) is 6.04 Å². The van der Waals surface area contributed by atoms with Crippen LogP contribution in [0.2, 0.25) is 0 Å². The van der Waals surface area contributed by atoms with Crippen molar-refractivity contribution in [1.29, 1.82) is 0 Å². The normalized spacial score (nSPS) is 27.2. The molecule has 1 aliphatic rings. The molecule has 0 unspecified atom stereocenters. The molecule has 0 aliphatic heterocycles. The van der Waals surface area contributed by atoms with E-state index in [1.54, 1.807) is 0 Å². The smallest absolute Gasteiger partial charge is 0.126 e. The molecule has 2 nitrogen and oxygen atoms in total. The van der Waals surface area contributed by atoms with Crippen LogP contribution in [-0.2, 0) is 0 Å². The Kier molecular flexibility index (Phi) is 3.02. The summed E-state index contributed by atoms with van der Waals surface area (Å²) < 4.78 is 0. The van der Waals surface area contributed by atoms with E-state index in [0.717, 1.165) is 11.7 Å². The summed E-state index contributed by atoms with van der Waals surface area (Å²) in [6.07, 6.45) is 7.12. The van der Waals surface area contributed by atoms with Crippen molar-refractivity contribution < 1.29 is 0 Å². The molecule has 1 aromatic rings. The van der Waals surface area contributed by atoms with Crippen molar-refractivity contribution in [3.63, 3.8) is 0 Å². The highest BCUT2D eigenvalue weighted by molar-refractivity contribution is 5.34. The summed E-state index contributed by atoms with van der Waals surface area (Å²) in [6, 6.07) is 6.66. The van der Waals surface area contributed by atoms with Crippen molar-refractivity contribution in [1.82, 2.24) is 4.98 Å². The second-order valence-electron chi connectivity index (χ2n) is 4.32. The number of nitrogens with zero attached hydrogens (tertiary/aromatic N) is 1. The molecule has 0 aromatic carbocycles. The van der Waals surface area contributed by atoms with E-state index < -0.39 is 0 Å². The van der Waals surface area contributed by atoms with Crippen LogP contribution in [0.4, 0.5) is 5.82 Å². The molecule has 1 saturated carbocycles. The maximum Gasteiger partial charge on any atom is 0.126 e. The summed E-state index contributed by atoms with van der Waals surface area (Å²) in [6.45, 7) is 2.34. The molecule has 0 atom stereocenters. The van der Waals surface area contributed by atoms with Crippen LogP contribution in [0.25, 0.3) is 0 Å². The van der Waals surface area contributed by atoms with Gasteiger partial charge in [0.25, 0.3) is 0 Å². The number of rotatable bonds is 2. The van der Waals surface area contributed by atoms with Crippen LogP contribution in [0.3, 0.4) is 0 Å². The molecule has 2 rings (SSSR count). The minimum Gasteiger partial charge on any atom is -0.367 e. The summed E-state index contributed by atoms with van der Waals surface area (Å²) in [7, 11) is 0. The van der Waals surface area contributed by atoms with Gasteiger partial charge in [0.1, 0.15) is 5.82 Å². The van der Waals surface area contributed by atoms with Crippen molar-refractivity contribution in [2.75, 3.05) is 5.32 Å². The summed E-state index contributed by atoms with van der Waals surface area (Å²) in [5.74, 6) is 1.93. The molecule has 0 bridgehead atoms. The number of hydrogen-bond donors (Lipinski definition) is 1. The molecule has 1 heterocycles. The molecule has 76 valence electrons. The van der Waals surface area contributed by atoms with Crippen LogP contribution in [-0.4, -0.2) is 11.0 Å². The maximum absolute atomic E-state index is 4.28. The molecule has 1 fully saturated rings. The largest absolute Gasteiger partial charge is 0.367 e. The molecular formula is C12H18N2. The van der Waals surface area contributed by atoms with Gasteiger partial charge in [0, 0.05) is 12.2 Å². The number of hydrogen-bond acceptors (Lipinski definition) is 2. The zero-order chi connectivity index (χ0) is 9.80. The quantitative estimate of drug-likeness (QED) is 0.775. The second kappa shape index (κ2) is 4.45. The lowest BCUT2D eigenvalue weighted by Crippen LogP contribution is -2.25. The van der Waals surface area contributed by atoms with Gasteiger partial charge in [-0.1, -0.05) is 13.0 Å². The Morgan fingerprint density at radius 3 is 2.64 bits per heavy atom. The lowest BCUT2D eigenvalue weighted by molar-refractivity contribution is 0.361.